The lowest BCUT2D eigenvalue weighted by Crippen LogP contribution is -2.16. The van der Waals surface area contributed by atoms with Gasteiger partial charge in [-0.3, -0.25) is 0 Å². The van der Waals surface area contributed by atoms with Crippen LogP contribution in [0.1, 0.15) is 43.9 Å². The molecule has 1 atom stereocenters. The summed E-state index contributed by atoms with van der Waals surface area (Å²) in [5, 5.41) is 0. The summed E-state index contributed by atoms with van der Waals surface area (Å²) < 4.78 is 51.3. The van der Waals surface area contributed by atoms with Gasteiger partial charge in [0, 0.05) is 11.6 Å². The Morgan fingerprint density at radius 3 is 2.28 bits per heavy atom. The summed E-state index contributed by atoms with van der Waals surface area (Å²) in [5.41, 5.74) is 4.43. The molecule has 18 heavy (non-hydrogen) atoms. The molecular weight excluding hydrogens is 246 g/mol. The van der Waals surface area contributed by atoms with Crippen LogP contribution in [-0.2, 0) is 6.18 Å². The van der Waals surface area contributed by atoms with Gasteiger partial charge in [0.25, 0.3) is 0 Å². The molecule has 1 aromatic carbocycles. The van der Waals surface area contributed by atoms with Gasteiger partial charge in [-0.05, 0) is 24.8 Å². The minimum Gasteiger partial charge on any atom is -0.324 e. The van der Waals surface area contributed by atoms with Crippen molar-refractivity contribution in [2.75, 3.05) is 0 Å². The maximum atomic E-state index is 13.7. The van der Waals surface area contributed by atoms with Gasteiger partial charge in [-0.15, -0.1) is 0 Å². The largest absolute Gasteiger partial charge is 0.419 e. The molecule has 0 saturated heterocycles. The third-order valence-corrected chi connectivity index (χ3v) is 2.79. The smallest absolute Gasteiger partial charge is 0.324 e. The van der Waals surface area contributed by atoms with Gasteiger partial charge in [0.05, 0.1) is 5.56 Å². The first kappa shape index (κ1) is 15.0. The molecule has 5 heteroatoms. The first-order valence-corrected chi connectivity index (χ1v) is 5.84. The maximum Gasteiger partial charge on any atom is 0.419 e. The Labute approximate surface area is 104 Å². The van der Waals surface area contributed by atoms with Gasteiger partial charge in [0.2, 0.25) is 0 Å². The van der Waals surface area contributed by atoms with Crippen LogP contribution in [0.15, 0.2) is 18.2 Å². The van der Waals surface area contributed by atoms with Crippen molar-refractivity contribution in [1.82, 2.24) is 0 Å². The van der Waals surface area contributed by atoms with E-state index >= 15 is 0 Å². The van der Waals surface area contributed by atoms with Gasteiger partial charge in [-0.2, -0.15) is 13.2 Å². The number of benzene rings is 1. The first-order chi connectivity index (χ1) is 8.23. The van der Waals surface area contributed by atoms with Crippen molar-refractivity contribution < 1.29 is 17.6 Å². The van der Waals surface area contributed by atoms with E-state index < -0.39 is 23.6 Å². The fourth-order valence-electron chi connectivity index (χ4n) is 1.72. The highest BCUT2D eigenvalue weighted by Gasteiger charge is 2.35. The Hall–Kier alpha value is -1.10. The van der Waals surface area contributed by atoms with Crippen LogP contribution < -0.4 is 5.73 Å². The molecule has 102 valence electrons. The average Bonchev–Trinajstić information content (AvgIpc) is 2.24. The molecule has 0 aromatic heterocycles. The molecule has 1 aromatic rings. The molecule has 0 aliphatic heterocycles. The van der Waals surface area contributed by atoms with E-state index in [9.17, 15) is 17.6 Å². The van der Waals surface area contributed by atoms with Crippen molar-refractivity contribution in [3.05, 3.63) is 35.1 Å². The number of rotatable bonds is 4. The molecule has 1 nitrogen and oxygen atoms in total. The van der Waals surface area contributed by atoms with Gasteiger partial charge < -0.3 is 5.73 Å². The summed E-state index contributed by atoms with van der Waals surface area (Å²) in [4.78, 5) is 0. The summed E-state index contributed by atoms with van der Waals surface area (Å²) in [6, 6.07) is 2.54. The normalized spacial score (nSPS) is 14.0. The minimum absolute atomic E-state index is 0.0644. The van der Waals surface area contributed by atoms with E-state index in [2.05, 4.69) is 0 Å². The lowest BCUT2D eigenvalue weighted by atomic mass is 9.96. The van der Waals surface area contributed by atoms with Crippen molar-refractivity contribution in [1.29, 1.82) is 0 Å². The highest BCUT2D eigenvalue weighted by atomic mass is 19.4. The van der Waals surface area contributed by atoms with Crippen molar-refractivity contribution in [2.24, 2.45) is 11.7 Å². The van der Waals surface area contributed by atoms with Crippen molar-refractivity contribution in [3.8, 4) is 0 Å². The summed E-state index contributed by atoms with van der Waals surface area (Å²) in [6.45, 7) is 3.96. The van der Waals surface area contributed by atoms with E-state index in [0.29, 0.717) is 12.3 Å². The predicted molar refractivity (Wildman–Crippen MR) is 62.4 cm³/mol. The van der Waals surface area contributed by atoms with Crippen molar-refractivity contribution in [3.63, 3.8) is 0 Å². The van der Waals surface area contributed by atoms with Gasteiger partial charge in [0.1, 0.15) is 5.82 Å². The van der Waals surface area contributed by atoms with E-state index in [1.807, 2.05) is 13.8 Å². The standard InChI is InChI=1S/C13H17F4N/c1-8(2)6-7-11(18)9-4-3-5-10(12(9)14)13(15,16)17/h3-5,8,11H,6-7,18H2,1-2H3. The van der Waals surface area contributed by atoms with Crippen LogP contribution >= 0.6 is 0 Å². The van der Waals surface area contributed by atoms with Gasteiger partial charge in [-0.25, -0.2) is 4.39 Å². The Kier molecular flexibility index (Phi) is 4.73. The van der Waals surface area contributed by atoms with E-state index in [-0.39, 0.29) is 5.56 Å². The van der Waals surface area contributed by atoms with Gasteiger partial charge >= 0.3 is 6.18 Å². The van der Waals surface area contributed by atoms with Crippen LogP contribution in [-0.4, -0.2) is 0 Å². The molecule has 0 fully saturated rings. The monoisotopic (exact) mass is 263 g/mol. The molecule has 0 aliphatic rings. The number of hydrogen-bond acceptors (Lipinski definition) is 1. The SMILES string of the molecule is CC(C)CCC(N)c1cccc(C(F)(F)F)c1F. The van der Waals surface area contributed by atoms with Gasteiger partial charge in [-0.1, -0.05) is 26.0 Å². The van der Waals surface area contributed by atoms with Crippen LogP contribution in [0.2, 0.25) is 0 Å². The fraction of sp³-hybridized carbons (Fsp3) is 0.538. The van der Waals surface area contributed by atoms with Crippen molar-refractivity contribution in [2.45, 2.75) is 38.9 Å². The zero-order chi connectivity index (χ0) is 13.9. The highest BCUT2D eigenvalue weighted by Crippen LogP contribution is 2.34. The minimum atomic E-state index is -4.68. The quantitative estimate of drug-likeness (QED) is 0.806. The number of alkyl halides is 3. The van der Waals surface area contributed by atoms with Crippen LogP contribution in [0, 0.1) is 11.7 Å². The molecule has 2 N–H and O–H groups in total. The Morgan fingerprint density at radius 2 is 1.78 bits per heavy atom. The predicted octanol–water partition coefficient (Wildman–Crippen LogP) is 4.28. The molecule has 0 radical (unpaired) electrons. The lowest BCUT2D eigenvalue weighted by molar-refractivity contribution is -0.140. The van der Waals surface area contributed by atoms with E-state index in [1.165, 1.54) is 12.1 Å². The number of halogens is 4. The zero-order valence-electron chi connectivity index (χ0n) is 10.4. The van der Waals surface area contributed by atoms with E-state index in [4.69, 9.17) is 5.73 Å². The van der Waals surface area contributed by atoms with Crippen LogP contribution in [0.25, 0.3) is 0 Å². The van der Waals surface area contributed by atoms with Crippen LogP contribution in [0.3, 0.4) is 0 Å². The molecule has 0 spiro atoms. The molecule has 1 unspecified atom stereocenters. The maximum absolute atomic E-state index is 13.7. The Morgan fingerprint density at radius 1 is 1.17 bits per heavy atom. The third kappa shape index (κ3) is 3.70. The first-order valence-electron chi connectivity index (χ1n) is 5.84. The Bertz CT molecular complexity index is 398. The van der Waals surface area contributed by atoms with Crippen LogP contribution in [0.5, 0.6) is 0 Å². The topological polar surface area (TPSA) is 26.0 Å². The highest BCUT2D eigenvalue weighted by molar-refractivity contribution is 5.30. The second kappa shape index (κ2) is 5.69. The average molecular weight is 263 g/mol. The third-order valence-electron chi connectivity index (χ3n) is 2.79. The second-order valence-corrected chi connectivity index (χ2v) is 4.78. The van der Waals surface area contributed by atoms with Gasteiger partial charge in [0.15, 0.2) is 0 Å². The molecule has 0 aliphatic carbocycles. The van der Waals surface area contributed by atoms with E-state index in [0.717, 1.165) is 12.5 Å². The van der Waals surface area contributed by atoms with Crippen LogP contribution in [0.4, 0.5) is 17.6 Å². The Balaban J connectivity index is 2.96. The molecular formula is C13H17F4N. The summed E-state index contributed by atoms with van der Waals surface area (Å²) in [5.74, 6) is -0.869. The number of nitrogens with two attached hydrogens (primary N) is 1. The summed E-state index contributed by atoms with van der Waals surface area (Å²) in [6.07, 6.45) is -3.47. The molecule has 0 bridgehead atoms. The van der Waals surface area contributed by atoms with E-state index in [1.54, 1.807) is 0 Å². The lowest BCUT2D eigenvalue weighted by Gasteiger charge is -2.17. The zero-order valence-corrected chi connectivity index (χ0v) is 10.4. The van der Waals surface area contributed by atoms with Crippen molar-refractivity contribution >= 4 is 0 Å². The molecule has 0 saturated carbocycles. The number of hydrogen-bond donors (Lipinski definition) is 1. The molecule has 0 amide bonds. The molecule has 0 heterocycles. The summed E-state index contributed by atoms with van der Waals surface area (Å²) >= 11 is 0. The molecule has 1 rings (SSSR count). The summed E-state index contributed by atoms with van der Waals surface area (Å²) in [7, 11) is 0. The fourth-order valence-corrected chi connectivity index (χ4v) is 1.72. The second-order valence-electron chi connectivity index (χ2n) is 4.78.